The molecule has 150 valence electrons. The smallest absolute Gasteiger partial charge is 0.364 e. The van der Waals surface area contributed by atoms with Crippen molar-refractivity contribution in [1.82, 2.24) is 10.6 Å². The van der Waals surface area contributed by atoms with E-state index in [1.165, 1.54) is 13.8 Å². The fourth-order valence-corrected chi connectivity index (χ4v) is 2.81. The molecule has 11 heteroatoms. The lowest BCUT2D eigenvalue weighted by molar-refractivity contribution is -0.283. The van der Waals surface area contributed by atoms with Crippen molar-refractivity contribution in [3.05, 3.63) is 0 Å². The van der Waals surface area contributed by atoms with Gasteiger partial charge < -0.3 is 40.9 Å². The van der Waals surface area contributed by atoms with Crippen molar-refractivity contribution < 1.29 is 44.7 Å². The maximum atomic E-state index is 12.0. The third kappa shape index (κ3) is 5.61. The zero-order valence-corrected chi connectivity index (χ0v) is 14.7. The largest absolute Gasteiger partial charge is 0.477 e. The number of amides is 2. The molecule has 0 spiro atoms. The minimum atomic E-state index is -2.76. The first kappa shape index (κ1) is 22.3. The number of carboxylic acids is 1. The van der Waals surface area contributed by atoms with Gasteiger partial charge in [-0.25, -0.2) is 4.79 Å². The van der Waals surface area contributed by atoms with Crippen LogP contribution in [0, 0.1) is 0 Å². The molecule has 1 fully saturated rings. The van der Waals surface area contributed by atoms with Crippen LogP contribution in [-0.2, 0) is 19.1 Å². The van der Waals surface area contributed by atoms with Gasteiger partial charge in [0.2, 0.25) is 11.8 Å². The fourth-order valence-electron chi connectivity index (χ4n) is 2.81. The van der Waals surface area contributed by atoms with Gasteiger partial charge in [-0.05, 0) is 13.8 Å². The van der Waals surface area contributed by atoms with Crippen LogP contribution in [0.2, 0.25) is 0 Å². The van der Waals surface area contributed by atoms with Gasteiger partial charge in [0.05, 0.1) is 36.8 Å². The van der Waals surface area contributed by atoms with Crippen molar-refractivity contribution in [2.45, 2.75) is 75.9 Å². The molecule has 0 aromatic heterocycles. The van der Waals surface area contributed by atoms with Crippen LogP contribution in [-0.4, -0.2) is 85.6 Å². The molecule has 1 rings (SSSR count). The summed E-state index contributed by atoms with van der Waals surface area (Å²) in [7, 11) is 0. The lowest BCUT2D eigenvalue weighted by Gasteiger charge is -2.46. The first-order valence-electron chi connectivity index (χ1n) is 8.11. The number of nitrogens with one attached hydrogen (secondary N) is 2. The van der Waals surface area contributed by atoms with Crippen LogP contribution < -0.4 is 10.6 Å². The summed E-state index contributed by atoms with van der Waals surface area (Å²) in [4.78, 5) is 34.7. The van der Waals surface area contributed by atoms with Crippen molar-refractivity contribution in [3.8, 4) is 0 Å². The van der Waals surface area contributed by atoms with Crippen LogP contribution in [0.15, 0.2) is 0 Å². The maximum Gasteiger partial charge on any atom is 0.364 e. The second kappa shape index (κ2) is 8.73. The second-order valence-electron chi connectivity index (χ2n) is 6.56. The number of carbonyl (C=O) groups is 3. The number of hydrogen-bond donors (Lipinski definition) is 7. The highest BCUT2D eigenvalue weighted by molar-refractivity contribution is 5.78. The summed E-state index contributed by atoms with van der Waals surface area (Å²) >= 11 is 0. The van der Waals surface area contributed by atoms with Crippen LogP contribution in [0.25, 0.3) is 0 Å². The van der Waals surface area contributed by atoms with Gasteiger partial charge in [0.25, 0.3) is 5.79 Å². The number of aliphatic hydroxyl groups is 4. The predicted molar refractivity (Wildman–Crippen MR) is 85.6 cm³/mol. The highest BCUT2D eigenvalue weighted by Gasteiger charge is 2.54. The van der Waals surface area contributed by atoms with E-state index in [1.54, 1.807) is 0 Å². The van der Waals surface area contributed by atoms with E-state index >= 15 is 0 Å². The number of aliphatic carboxylic acids is 1. The topological polar surface area (TPSA) is 186 Å². The average molecular weight is 378 g/mol. The van der Waals surface area contributed by atoms with Crippen molar-refractivity contribution >= 4 is 17.8 Å². The molecule has 1 aliphatic heterocycles. The molecule has 0 aliphatic carbocycles. The number of hydrogen-bond acceptors (Lipinski definition) is 8. The minimum Gasteiger partial charge on any atom is -0.477 e. The van der Waals surface area contributed by atoms with Gasteiger partial charge in [-0.1, -0.05) is 0 Å². The Balaban J connectivity index is 3.19. The van der Waals surface area contributed by atoms with Gasteiger partial charge >= 0.3 is 5.97 Å². The van der Waals surface area contributed by atoms with Crippen molar-refractivity contribution in [2.75, 3.05) is 0 Å². The zero-order valence-electron chi connectivity index (χ0n) is 14.7. The van der Waals surface area contributed by atoms with Gasteiger partial charge in [-0.3, -0.25) is 9.59 Å². The molecule has 1 heterocycles. The van der Waals surface area contributed by atoms with Gasteiger partial charge in [0.1, 0.15) is 6.10 Å². The van der Waals surface area contributed by atoms with E-state index in [-0.39, 0.29) is 6.42 Å². The summed E-state index contributed by atoms with van der Waals surface area (Å²) < 4.78 is 5.19. The number of carbonyl (C=O) groups excluding carboxylic acids is 2. The second-order valence-corrected chi connectivity index (χ2v) is 6.56. The molecule has 0 bridgehead atoms. The SMILES string of the molecule is CC(=O)N[C@@H]([C@@H]1O[C@](O)(C(=O)O)C[C@H](O)[C@H]1NC(=O)C[C@@H](C)O)[C@H](C)O. The van der Waals surface area contributed by atoms with Gasteiger partial charge in [0.15, 0.2) is 0 Å². The lowest BCUT2D eigenvalue weighted by atomic mass is 9.87. The summed E-state index contributed by atoms with van der Waals surface area (Å²) in [6.45, 7) is 3.82. The van der Waals surface area contributed by atoms with Crippen molar-refractivity contribution in [1.29, 1.82) is 0 Å². The molecule has 2 amide bonds. The van der Waals surface area contributed by atoms with E-state index in [2.05, 4.69) is 10.6 Å². The number of aliphatic hydroxyl groups excluding tert-OH is 3. The Bertz CT molecular complexity index is 539. The highest BCUT2D eigenvalue weighted by atomic mass is 16.7. The minimum absolute atomic E-state index is 0.293. The molecule has 26 heavy (non-hydrogen) atoms. The van der Waals surface area contributed by atoms with Crippen molar-refractivity contribution in [3.63, 3.8) is 0 Å². The molecule has 0 aromatic carbocycles. The first-order valence-corrected chi connectivity index (χ1v) is 8.11. The maximum absolute atomic E-state index is 12.0. The van der Waals surface area contributed by atoms with Gasteiger partial charge in [0, 0.05) is 13.3 Å². The molecule has 0 radical (unpaired) electrons. The van der Waals surface area contributed by atoms with Crippen LogP contribution in [0.4, 0.5) is 0 Å². The van der Waals surface area contributed by atoms with E-state index in [4.69, 9.17) is 9.84 Å². The van der Waals surface area contributed by atoms with Gasteiger partial charge in [-0.2, -0.15) is 0 Å². The molecule has 0 aromatic rings. The van der Waals surface area contributed by atoms with E-state index in [9.17, 15) is 34.8 Å². The lowest BCUT2D eigenvalue weighted by Crippen LogP contribution is -2.69. The summed E-state index contributed by atoms with van der Waals surface area (Å²) in [6, 6.07) is -2.47. The Labute approximate surface area is 150 Å². The summed E-state index contributed by atoms with van der Waals surface area (Å²) in [5, 5.41) is 53.6. The van der Waals surface area contributed by atoms with Crippen LogP contribution in [0.5, 0.6) is 0 Å². The summed E-state index contributed by atoms with van der Waals surface area (Å²) in [5.41, 5.74) is 0. The molecular weight excluding hydrogens is 352 g/mol. The predicted octanol–water partition coefficient (Wildman–Crippen LogP) is -2.95. The summed E-state index contributed by atoms with van der Waals surface area (Å²) in [6.07, 6.45) is -6.27. The number of carboxylic acid groups (broad SMARTS) is 1. The Hall–Kier alpha value is -1.79. The van der Waals surface area contributed by atoms with E-state index in [1.807, 2.05) is 0 Å². The zero-order chi connectivity index (χ0) is 20.2. The van der Waals surface area contributed by atoms with E-state index < -0.39 is 66.5 Å². The summed E-state index contributed by atoms with van der Waals surface area (Å²) in [5.74, 6) is -5.76. The normalized spacial score (nSPS) is 32.2. The third-order valence-electron chi connectivity index (χ3n) is 3.97. The Morgan fingerprint density at radius 1 is 1.27 bits per heavy atom. The molecule has 1 aliphatic rings. The van der Waals surface area contributed by atoms with Crippen LogP contribution >= 0.6 is 0 Å². The molecule has 0 saturated carbocycles. The number of ether oxygens (including phenoxy) is 1. The van der Waals surface area contributed by atoms with E-state index in [0.29, 0.717) is 0 Å². The van der Waals surface area contributed by atoms with Crippen LogP contribution in [0.1, 0.15) is 33.6 Å². The van der Waals surface area contributed by atoms with Gasteiger partial charge in [-0.15, -0.1) is 0 Å². The molecule has 11 nitrogen and oxygen atoms in total. The fraction of sp³-hybridized carbons (Fsp3) is 0.800. The average Bonchev–Trinajstić information content (AvgIpc) is 2.46. The Kier molecular flexibility index (Phi) is 7.47. The standard InChI is InChI=1S/C15H26N2O9/c1-6(18)4-10(22)17-12-9(21)5-15(25,14(23)24)26-13(12)11(7(2)19)16-8(3)20/h6-7,9,11-13,18-19,21,25H,4-5H2,1-3H3,(H,16,20)(H,17,22)(H,23,24)/t6-,7+,9+,11-,12-,13+,15+/m1/s1. The Morgan fingerprint density at radius 2 is 1.85 bits per heavy atom. The molecule has 7 atom stereocenters. The monoisotopic (exact) mass is 378 g/mol. The quantitative estimate of drug-likeness (QED) is 0.243. The van der Waals surface area contributed by atoms with Crippen LogP contribution in [0.3, 0.4) is 0 Å². The van der Waals surface area contributed by atoms with Crippen molar-refractivity contribution in [2.24, 2.45) is 0 Å². The Morgan fingerprint density at radius 3 is 2.27 bits per heavy atom. The molecular formula is C15H26N2O9. The molecule has 0 unspecified atom stereocenters. The van der Waals surface area contributed by atoms with E-state index in [0.717, 1.165) is 6.92 Å². The molecule has 7 N–H and O–H groups in total. The number of rotatable bonds is 7. The first-order chi connectivity index (χ1) is 11.9. The third-order valence-corrected chi connectivity index (χ3v) is 3.97. The molecule has 1 saturated heterocycles. The highest BCUT2D eigenvalue weighted by Crippen LogP contribution is 2.30.